The molecule has 180 valence electrons. The van der Waals surface area contributed by atoms with Crippen LogP contribution in [0.5, 0.6) is 11.5 Å². The lowest BCUT2D eigenvalue weighted by molar-refractivity contribution is -0.384. The Morgan fingerprint density at radius 1 is 1.06 bits per heavy atom. The van der Waals surface area contributed by atoms with Gasteiger partial charge in [-0.25, -0.2) is 4.79 Å². The van der Waals surface area contributed by atoms with E-state index in [1.54, 1.807) is 6.92 Å². The number of carbonyl (C=O) groups is 1. The molecule has 3 rings (SSSR count). The largest absolute Gasteiger partial charge is 0.544 e. The van der Waals surface area contributed by atoms with Crippen LogP contribution < -0.4 is 9.16 Å². The number of nitro benzene ring substituents is 1. The van der Waals surface area contributed by atoms with E-state index in [1.165, 1.54) is 24.3 Å². The Morgan fingerprint density at radius 3 is 2.21 bits per heavy atom. The molecule has 0 unspecified atom stereocenters. The molecule has 0 aliphatic rings. The molecule has 2 aromatic carbocycles. The second kappa shape index (κ2) is 9.68. The van der Waals surface area contributed by atoms with Crippen LogP contribution in [0.2, 0.25) is 18.1 Å². The van der Waals surface area contributed by atoms with Crippen LogP contribution in [0.15, 0.2) is 53.1 Å². The third kappa shape index (κ3) is 5.82. The lowest BCUT2D eigenvalue weighted by atomic mass is 10.1. The second-order valence-corrected chi connectivity index (χ2v) is 14.1. The highest BCUT2D eigenvalue weighted by molar-refractivity contribution is 6.74. The van der Waals surface area contributed by atoms with E-state index >= 15 is 0 Å². The maximum Gasteiger partial charge on any atom is 0.514 e. The van der Waals surface area contributed by atoms with Crippen molar-refractivity contribution in [1.29, 1.82) is 0 Å². The summed E-state index contributed by atoms with van der Waals surface area (Å²) in [5.74, 6) is 1.41. The Hall–Kier alpha value is -3.66. The van der Waals surface area contributed by atoms with Gasteiger partial charge < -0.3 is 18.4 Å². The molecule has 3 aromatic rings. The molecule has 0 saturated heterocycles. The zero-order valence-electron chi connectivity index (χ0n) is 20.1. The maximum atomic E-state index is 12.1. The van der Waals surface area contributed by atoms with Gasteiger partial charge in [-0.05, 0) is 61.5 Å². The van der Waals surface area contributed by atoms with Crippen LogP contribution in [-0.2, 0) is 11.3 Å². The van der Waals surface area contributed by atoms with Crippen LogP contribution in [-0.4, -0.2) is 24.6 Å². The van der Waals surface area contributed by atoms with Gasteiger partial charge in [-0.2, -0.15) is 0 Å². The van der Waals surface area contributed by atoms with Crippen molar-refractivity contribution in [1.82, 2.24) is 5.16 Å². The molecule has 0 saturated carbocycles. The fraction of sp³-hybridized carbons (Fsp3) is 0.333. The molecular formula is C24H28N2O7Si. The van der Waals surface area contributed by atoms with Gasteiger partial charge in [0.1, 0.15) is 18.1 Å². The normalized spacial score (nSPS) is 11.7. The third-order valence-electron chi connectivity index (χ3n) is 5.86. The van der Waals surface area contributed by atoms with Gasteiger partial charge in [-0.15, -0.1) is 0 Å². The molecule has 0 amide bonds. The molecule has 0 atom stereocenters. The van der Waals surface area contributed by atoms with Crippen molar-refractivity contribution in [3.8, 4) is 22.8 Å². The monoisotopic (exact) mass is 484 g/mol. The van der Waals surface area contributed by atoms with Crippen LogP contribution in [0.25, 0.3) is 11.3 Å². The van der Waals surface area contributed by atoms with Gasteiger partial charge in [-0.1, -0.05) is 25.9 Å². The lowest BCUT2D eigenvalue weighted by Gasteiger charge is -2.36. The fourth-order valence-corrected chi connectivity index (χ4v) is 3.83. The number of hydrogen-bond donors (Lipinski definition) is 0. The Balaban J connectivity index is 1.67. The van der Waals surface area contributed by atoms with Crippen LogP contribution in [0.3, 0.4) is 0 Å². The van der Waals surface area contributed by atoms with Gasteiger partial charge in [0.05, 0.1) is 16.2 Å². The molecule has 1 aromatic heterocycles. The molecular weight excluding hydrogens is 456 g/mol. The summed E-state index contributed by atoms with van der Waals surface area (Å²) >= 11 is 0. The number of benzene rings is 2. The highest BCUT2D eigenvalue weighted by Gasteiger charge is 2.39. The van der Waals surface area contributed by atoms with Crippen LogP contribution in [0.1, 0.15) is 32.0 Å². The average molecular weight is 485 g/mol. The van der Waals surface area contributed by atoms with Crippen LogP contribution >= 0.6 is 0 Å². The Bertz CT molecular complexity index is 1160. The van der Waals surface area contributed by atoms with Gasteiger partial charge in [0, 0.05) is 17.7 Å². The smallest absolute Gasteiger partial charge is 0.514 e. The number of rotatable bonds is 7. The topological polar surface area (TPSA) is 114 Å². The highest BCUT2D eigenvalue weighted by atomic mass is 28.4. The number of ether oxygens (including phenoxy) is 2. The van der Waals surface area contributed by atoms with Gasteiger partial charge in [0.2, 0.25) is 8.32 Å². The summed E-state index contributed by atoms with van der Waals surface area (Å²) in [6.45, 7) is 12.6. The summed E-state index contributed by atoms with van der Waals surface area (Å²) in [4.78, 5) is 22.3. The minimum Gasteiger partial charge on any atom is -0.544 e. The quantitative estimate of drug-likeness (QED) is 0.120. The van der Waals surface area contributed by atoms with Gasteiger partial charge in [0.15, 0.2) is 5.76 Å². The van der Waals surface area contributed by atoms with E-state index in [4.69, 9.17) is 18.4 Å². The number of non-ortho nitro benzene ring substituents is 1. The molecule has 0 aliphatic carbocycles. The molecule has 0 radical (unpaired) electrons. The minimum absolute atomic E-state index is 0.0846. The zero-order valence-corrected chi connectivity index (χ0v) is 21.1. The summed E-state index contributed by atoms with van der Waals surface area (Å²) in [5, 5.41) is 14.8. The summed E-state index contributed by atoms with van der Waals surface area (Å²) in [6.07, 6.45) is -0.946. The van der Waals surface area contributed by atoms with Gasteiger partial charge >= 0.3 is 6.16 Å². The second-order valence-electron chi connectivity index (χ2n) is 9.35. The molecule has 0 N–H and O–H groups in total. The van der Waals surface area contributed by atoms with E-state index in [9.17, 15) is 14.9 Å². The number of hydrogen-bond acceptors (Lipinski definition) is 8. The van der Waals surface area contributed by atoms with Crippen molar-refractivity contribution in [2.24, 2.45) is 0 Å². The first-order chi connectivity index (χ1) is 15.9. The molecule has 34 heavy (non-hydrogen) atoms. The number of aromatic nitrogens is 1. The first-order valence-corrected chi connectivity index (χ1v) is 13.6. The number of aryl methyl sites for hydroxylation is 1. The van der Waals surface area contributed by atoms with E-state index in [1.807, 2.05) is 24.3 Å². The summed E-state index contributed by atoms with van der Waals surface area (Å²) in [6, 6.07) is 12.7. The van der Waals surface area contributed by atoms with Crippen molar-refractivity contribution >= 4 is 20.2 Å². The molecule has 0 fully saturated rings. The average Bonchev–Trinajstić information content (AvgIpc) is 3.12. The van der Waals surface area contributed by atoms with E-state index in [0.29, 0.717) is 17.0 Å². The highest BCUT2D eigenvalue weighted by Crippen LogP contribution is 2.38. The SMILES string of the molecule is Cc1noc(-c2ccc(O[Si](C)(C)C(C)(C)C)cc2)c1COC(=O)Oc1ccc([N+](=O)[O-])cc1. The lowest BCUT2D eigenvalue weighted by Crippen LogP contribution is -2.43. The van der Waals surface area contributed by atoms with Crippen LogP contribution in [0, 0.1) is 17.0 Å². The van der Waals surface area contributed by atoms with Crippen molar-refractivity contribution in [2.75, 3.05) is 0 Å². The predicted molar refractivity (Wildman–Crippen MR) is 128 cm³/mol. The van der Waals surface area contributed by atoms with E-state index in [-0.39, 0.29) is 23.1 Å². The maximum absolute atomic E-state index is 12.1. The van der Waals surface area contributed by atoms with Crippen molar-refractivity contribution in [2.45, 2.75) is 52.4 Å². The zero-order chi connectivity index (χ0) is 25.1. The van der Waals surface area contributed by atoms with E-state index < -0.39 is 19.4 Å². The fourth-order valence-electron chi connectivity index (χ4n) is 2.80. The molecule has 0 aliphatic heterocycles. The molecule has 9 nitrogen and oxygen atoms in total. The first kappa shape index (κ1) is 25.0. The minimum atomic E-state index is -1.96. The summed E-state index contributed by atoms with van der Waals surface area (Å²) in [7, 11) is -1.96. The predicted octanol–water partition coefficient (Wildman–Crippen LogP) is 6.66. The van der Waals surface area contributed by atoms with E-state index in [2.05, 4.69) is 39.0 Å². The summed E-state index contributed by atoms with van der Waals surface area (Å²) in [5.41, 5.74) is 1.86. The standard InChI is InChI=1S/C24H28N2O7Si/c1-16-21(15-30-23(27)31-19-13-9-18(10-14-19)26(28)29)22(32-25-16)17-7-11-20(12-8-17)33-34(5,6)24(2,3)4/h7-14H,15H2,1-6H3. The van der Waals surface area contributed by atoms with E-state index in [0.717, 1.165) is 11.3 Å². The third-order valence-corrected chi connectivity index (χ3v) is 10.2. The Labute approximate surface area is 198 Å². The number of nitro groups is 1. The number of carbonyl (C=O) groups excluding carboxylic acids is 1. The van der Waals surface area contributed by atoms with Crippen LogP contribution in [0.4, 0.5) is 10.5 Å². The molecule has 10 heteroatoms. The Morgan fingerprint density at radius 2 is 1.65 bits per heavy atom. The Kier molecular flexibility index (Phi) is 7.11. The first-order valence-electron chi connectivity index (χ1n) is 10.7. The van der Waals surface area contributed by atoms with Crippen molar-refractivity contribution < 1.29 is 28.1 Å². The van der Waals surface area contributed by atoms with Crippen molar-refractivity contribution in [3.05, 3.63) is 69.9 Å². The molecule has 0 spiro atoms. The number of nitrogens with zero attached hydrogens (tertiary/aromatic N) is 2. The summed E-state index contributed by atoms with van der Waals surface area (Å²) < 4.78 is 22.1. The van der Waals surface area contributed by atoms with Crippen molar-refractivity contribution in [3.63, 3.8) is 0 Å². The molecule has 0 bridgehead atoms. The van der Waals surface area contributed by atoms with Gasteiger partial charge in [0.25, 0.3) is 5.69 Å². The van der Waals surface area contributed by atoms with Gasteiger partial charge in [-0.3, -0.25) is 10.1 Å². The molecule has 1 heterocycles.